The molecule has 144 valence electrons. The second-order valence-electron chi connectivity index (χ2n) is 6.74. The van der Waals surface area contributed by atoms with E-state index in [1.54, 1.807) is 18.2 Å². The first-order valence-corrected chi connectivity index (χ1v) is 11.0. The number of hydrogen-bond acceptors (Lipinski definition) is 6. The molecule has 1 aromatic heterocycles. The van der Waals surface area contributed by atoms with E-state index in [0.29, 0.717) is 10.7 Å². The lowest BCUT2D eigenvalue weighted by atomic mass is 10.0. The zero-order chi connectivity index (χ0) is 19.9. The van der Waals surface area contributed by atoms with Crippen molar-refractivity contribution < 1.29 is 13.2 Å². The van der Waals surface area contributed by atoms with Crippen molar-refractivity contribution in [3.05, 3.63) is 54.1 Å². The van der Waals surface area contributed by atoms with Gasteiger partial charge < -0.3 is 5.32 Å². The number of anilines is 1. The van der Waals surface area contributed by atoms with Crippen LogP contribution in [0.4, 0.5) is 5.13 Å². The number of fused-ring (bicyclic) bond motifs is 2. The molecule has 3 aromatic rings. The molecule has 1 amide bonds. The summed E-state index contributed by atoms with van der Waals surface area (Å²) in [4.78, 5) is 21.9. The maximum atomic E-state index is 12.9. The van der Waals surface area contributed by atoms with Crippen molar-refractivity contribution >= 4 is 48.5 Å². The number of carbonyl (C=O) groups excluding carboxylic acids is 1. The van der Waals surface area contributed by atoms with Gasteiger partial charge in [0.1, 0.15) is 11.9 Å². The van der Waals surface area contributed by atoms with E-state index in [-0.39, 0.29) is 22.6 Å². The van der Waals surface area contributed by atoms with Crippen molar-refractivity contribution in [1.29, 1.82) is 0 Å². The van der Waals surface area contributed by atoms with Crippen LogP contribution in [0.2, 0.25) is 0 Å². The zero-order valence-corrected chi connectivity index (χ0v) is 16.8. The van der Waals surface area contributed by atoms with Crippen molar-refractivity contribution in [2.24, 2.45) is 10.9 Å². The summed E-state index contributed by atoms with van der Waals surface area (Å²) in [5, 5.41) is 3.31. The van der Waals surface area contributed by atoms with Crippen LogP contribution in [0, 0.1) is 5.92 Å². The van der Waals surface area contributed by atoms with E-state index in [9.17, 15) is 13.2 Å². The first-order valence-electron chi connectivity index (χ1n) is 8.71. The van der Waals surface area contributed by atoms with Gasteiger partial charge in [0.25, 0.3) is 15.9 Å². The van der Waals surface area contributed by atoms with E-state index < -0.39 is 16.1 Å². The Hall–Kier alpha value is -2.78. The number of aliphatic imine (C=N–C) groups is 1. The number of amidine groups is 1. The summed E-state index contributed by atoms with van der Waals surface area (Å²) in [5.41, 5.74) is 1.29. The number of carbonyl (C=O) groups is 1. The van der Waals surface area contributed by atoms with Gasteiger partial charge >= 0.3 is 0 Å². The number of nitrogens with one attached hydrogen (secondary N) is 2. The average Bonchev–Trinajstić information content (AvgIpc) is 3.17. The lowest BCUT2D eigenvalue weighted by Crippen LogP contribution is -2.34. The molecule has 1 atom stereocenters. The number of nitrogens with zero attached hydrogens (tertiary/aromatic N) is 2. The van der Waals surface area contributed by atoms with Crippen LogP contribution < -0.4 is 10.0 Å². The molecule has 1 aliphatic heterocycles. The van der Waals surface area contributed by atoms with Crippen LogP contribution in [0.3, 0.4) is 0 Å². The van der Waals surface area contributed by atoms with Crippen LogP contribution >= 0.6 is 11.3 Å². The van der Waals surface area contributed by atoms with E-state index in [4.69, 9.17) is 0 Å². The summed E-state index contributed by atoms with van der Waals surface area (Å²) in [6.07, 6.45) is 0. The monoisotopic (exact) mass is 414 g/mol. The number of thiazole rings is 1. The smallest absolute Gasteiger partial charge is 0.263 e. The SMILES string of the molecule is CC(C)[C@H](N=C1NS(=O)(=O)c2ccccc21)C(=O)Nc1nc2ccccc2s1. The highest BCUT2D eigenvalue weighted by atomic mass is 32.2. The van der Waals surface area contributed by atoms with Gasteiger partial charge in [-0.2, -0.15) is 0 Å². The Morgan fingerprint density at radius 3 is 2.61 bits per heavy atom. The van der Waals surface area contributed by atoms with E-state index in [1.807, 2.05) is 38.1 Å². The summed E-state index contributed by atoms with van der Waals surface area (Å²) < 4.78 is 28.0. The van der Waals surface area contributed by atoms with Crippen molar-refractivity contribution in [3.8, 4) is 0 Å². The summed E-state index contributed by atoms with van der Waals surface area (Å²) >= 11 is 1.38. The van der Waals surface area contributed by atoms with E-state index >= 15 is 0 Å². The maximum Gasteiger partial charge on any atom is 0.263 e. The fraction of sp³-hybridized carbons (Fsp3) is 0.211. The van der Waals surface area contributed by atoms with Gasteiger partial charge in [-0.05, 0) is 30.2 Å². The molecular formula is C19H18N4O3S2. The normalized spacial score (nSPS) is 17.5. The van der Waals surface area contributed by atoms with Gasteiger partial charge in [0.15, 0.2) is 5.13 Å². The Kier molecular flexibility index (Phi) is 4.64. The highest BCUT2D eigenvalue weighted by molar-refractivity contribution is 7.90. The van der Waals surface area contributed by atoms with Crippen LogP contribution in [0.25, 0.3) is 10.2 Å². The minimum Gasteiger partial charge on any atom is -0.300 e. The number of hydrogen-bond donors (Lipinski definition) is 2. The molecule has 0 bridgehead atoms. The van der Waals surface area contributed by atoms with Crippen LogP contribution in [-0.4, -0.2) is 31.2 Å². The number of sulfonamides is 1. The molecule has 2 N–H and O–H groups in total. The number of aromatic nitrogens is 1. The molecule has 1 aliphatic rings. The molecule has 0 radical (unpaired) electrons. The first kappa shape index (κ1) is 18.6. The number of rotatable bonds is 4. The molecule has 7 nitrogen and oxygen atoms in total. The summed E-state index contributed by atoms with van der Waals surface area (Å²) in [5.74, 6) is -0.280. The standard InChI is InChI=1S/C19H18N4O3S2/c1-11(2)16(18(24)22-19-20-13-8-4-5-9-14(13)27-19)21-17-12-7-3-6-10-15(12)28(25,26)23-17/h3-11,16H,1-2H3,(H,21,23)(H,20,22,24)/t16-/m0/s1. The van der Waals surface area contributed by atoms with Gasteiger partial charge in [0, 0.05) is 5.56 Å². The lowest BCUT2D eigenvalue weighted by Gasteiger charge is -2.16. The van der Waals surface area contributed by atoms with E-state index in [0.717, 1.165) is 10.2 Å². The minimum absolute atomic E-state index is 0.140. The van der Waals surface area contributed by atoms with Crippen LogP contribution in [0.15, 0.2) is 58.4 Å². The molecule has 28 heavy (non-hydrogen) atoms. The largest absolute Gasteiger partial charge is 0.300 e. The molecule has 0 unspecified atom stereocenters. The molecule has 0 saturated carbocycles. The Morgan fingerprint density at radius 1 is 1.14 bits per heavy atom. The van der Waals surface area contributed by atoms with Gasteiger partial charge in [0.2, 0.25) is 0 Å². The van der Waals surface area contributed by atoms with Gasteiger partial charge in [-0.25, -0.2) is 13.4 Å². The van der Waals surface area contributed by atoms with E-state index in [1.165, 1.54) is 17.4 Å². The Morgan fingerprint density at radius 2 is 1.86 bits per heavy atom. The number of benzene rings is 2. The van der Waals surface area contributed by atoms with Crippen molar-refractivity contribution in [3.63, 3.8) is 0 Å². The molecule has 2 heterocycles. The Bertz CT molecular complexity index is 1170. The summed E-state index contributed by atoms with van der Waals surface area (Å²) in [7, 11) is -3.65. The average molecular weight is 415 g/mol. The van der Waals surface area contributed by atoms with Gasteiger partial charge in [0.05, 0.1) is 15.1 Å². The van der Waals surface area contributed by atoms with Crippen LogP contribution in [0.1, 0.15) is 19.4 Å². The molecule has 0 fully saturated rings. The Balaban J connectivity index is 1.64. The number of para-hydroxylation sites is 1. The molecule has 0 saturated heterocycles. The molecule has 0 aliphatic carbocycles. The predicted molar refractivity (Wildman–Crippen MR) is 110 cm³/mol. The first-order chi connectivity index (χ1) is 13.3. The van der Waals surface area contributed by atoms with E-state index in [2.05, 4.69) is 20.0 Å². The molecule has 0 spiro atoms. The van der Waals surface area contributed by atoms with Gasteiger partial charge in [-0.1, -0.05) is 49.4 Å². The Labute approximate surface area is 166 Å². The summed E-state index contributed by atoms with van der Waals surface area (Å²) in [6.45, 7) is 3.73. The minimum atomic E-state index is -3.65. The van der Waals surface area contributed by atoms with Crippen molar-refractivity contribution in [2.45, 2.75) is 24.8 Å². The van der Waals surface area contributed by atoms with Gasteiger partial charge in [-0.15, -0.1) is 0 Å². The third-order valence-corrected chi connectivity index (χ3v) is 6.70. The summed E-state index contributed by atoms with van der Waals surface area (Å²) in [6, 6.07) is 13.4. The van der Waals surface area contributed by atoms with Crippen LogP contribution in [-0.2, 0) is 14.8 Å². The highest BCUT2D eigenvalue weighted by Gasteiger charge is 2.32. The van der Waals surface area contributed by atoms with Crippen LogP contribution in [0.5, 0.6) is 0 Å². The maximum absolute atomic E-state index is 12.9. The van der Waals surface area contributed by atoms with Crippen molar-refractivity contribution in [1.82, 2.24) is 9.71 Å². The third kappa shape index (κ3) is 3.38. The second-order valence-corrected chi connectivity index (χ2v) is 9.43. The molecular weight excluding hydrogens is 396 g/mol. The quantitative estimate of drug-likeness (QED) is 0.685. The molecule has 9 heteroatoms. The topological polar surface area (TPSA) is 101 Å². The predicted octanol–water partition coefficient (Wildman–Crippen LogP) is 3.00. The third-order valence-electron chi connectivity index (χ3n) is 4.36. The highest BCUT2D eigenvalue weighted by Crippen LogP contribution is 2.27. The van der Waals surface area contributed by atoms with Gasteiger partial charge in [-0.3, -0.25) is 14.5 Å². The number of amides is 1. The fourth-order valence-electron chi connectivity index (χ4n) is 2.98. The van der Waals surface area contributed by atoms with Crippen molar-refractivity contribution in [2.75, 3.05) is 5.32 Å². The lowest BCUT2D eigenvalue weighted by molar-refractivity contribution is -0.118. The zero-order valence-electron chi connectivity index (χ0n) is 15.2. The molecule has 4 rings (SSSR count). The fourth-order valence-corrected chi connectivity index (χ4v) is 5.09. The second kappa shape index (κ2) is 6.99. The molecule has 2 aromatic carbocycles.